The molecule has 1 heterocycles. The highest BCUT2D eigenvalue weighted by Gasteiger charge is 2.06. The van der Waals surface area contributed by atoms with Gasteiger partial charge in [-0.3, -0.25) is 4.99 Å². The molecule has 1 aromatic heterocycles. The van der Waals surface area contributed by atoms with Crippen LogP contribution in [0.15, 0.2) is 41.9 Å². The molecule has 0 saturated carbocycles. The summed E-state index contributed by atoms with van der Waals surface area (Å²) in [6, 6.07) is 8.13. The van der Waals surface area contributed by atoms with Gasteiger partial charge >= 0.3 is 0 Å². The number of nitrogens with zero attached hydrogens (tertiary/aromatic N) is 5. The first-order chi connectivity index (χ1) is 12.2. The number of hydrogen-bond acceptors (Lipinski definition) is 4. The Morgan fingerprint density at radius 3 is 2.56 bits per heavy atom. The van der Waals surface area contributed by atoms with Crippen LogP contribution in [-0.4, -0.2) is 52.9 Å². The molecule has 7 nitrogen and oxygen atoms in total. The third-order valence-corrected chi connectivity index (χ3v) is 3.83. The Bertz CT molecular complexity index is 624. The van der Waals surface area contributed by atoms with E-state index in [2.05, 4.69) is 46.5 Å². The van der Waals surface area contributed by atoms with E-state index in [1.807, 2.05) is 16.7 Å². The summed E-state index contributed by atoms with van der Waals surface area (Å²) in [7, 11) is 3.74. The quantitative estimate of drug-likeness (QED) is 0.429. The van der Waals surface area contributed by atoms with Crippen molar-refractivity contribution in [3.63, 3.8) is 0 Å². The summed E-state index contributed by atoms with van der Waals surface area (Å²) in [5.41, 5.74) is 1.22. The Labute approximate surface area is 149 Å². The van der Waals surface area contributed by atoms with Crippen LogP contribution in [0.25, 0.3) is 0 Å². The van der Waals surface area contributed by atoms with Gasteiger partial charge in [0.15, 0.2) is 5.96 Å². The third-order valence-electron chi connectivity index (χ3n) is 3.83. The Morgan fingerprint density at radius 2 is 1.92 bits per heavy atom. The molecule has 0 spiro atoms. The predicted molar refractivity (Wildman–Crippen MR) is 99.7 cm³/mol. The van der Waals surface area contributed by atoms with Crippen LogP contribution in [0.4, 0.5) is 0 Å². The highest BCUT2D eigenvalue weighted by atomic mass is 16.5. The molecule has 1 N–H and O–H groups in total. The number of methoxy groups -OCH3 is 1. The van der Waals surface area contributed by atoms with Crippen molar-refractivity contribution in [1.82, 2.24) is 25.0 Å². The summed E-state index contributed by atoms with van der Waals surface area (Å²) in [5.74, 6) is 1.81. The minimum Gasteiger partial charge on any atom is -0.497 e. The summed E-state index contributed by atoms with van der Waals surface area (Å²) < 4.78 is 7.19. The highest BCUT2D eigenvalue weighted by Crippen LogP contribution is 2.12. The zero-order valence-corrected chi connectivity index (χ0v) is 15.4. The molecule has 2 rings (SSSR count). The van der Waals surface area contributed by atoms with E-state index in [-0.39, 0.29) is 0 Å². The van der Waals surface area contributed by atoms with E-state index in [4.69, 9.17) is 9.73 Å². The lowest BCUT2D eigenvalue weighted by molar-refractivity contribution is 0.414. The smallest absolute Gasteiger partial charge is 0.193 e. The molecule has 0 radical (unpaired) electrons. The highest BCUT2D eigenvalue weighted by molar-refractivity contribution is 5.79. The number of rotatable bonds is 9. The molecule has 1 aromatic carbocycles. The maximum atomic E-state index is 5.20. The number of unbranched alkanes of at least 4 members (excludes halogenated alkanes) is 1. The van der Waals surface area contributed by atoms with Crippen molar-refractivity contribution >= 4 is 5.96 Å². The summed E-state index contributed by atoms with van der Waals surface area (Å²) in [6.45, 7) is 5.48. The molecule has 0 bridgehead atoms. The summed E-state index contributed by atoms with van der Waals surface area (Å²) in [6.07, 6.45) is 5.58. The normalized spacial score (nSPS) is 11.4. The number of ether oxygens (including phenoxy) is 1. The maximum Gasteiger partial charge on any atom is 0.193 e. The van der Waals surface area contributed by atoms with Crippen LogP contribution in [0.1, 0.15) is 25.3 Å². The number of aliphatic imine (C=N–C) groups is 1. The van der Waals surface area contributed by atoms with Gasteiger partial charge < -0.3 is 19.5 Å². The van der Waals surface area contributed by atoms with Crippen LogP contribution >= 0.6 is 0 Å². The van der Waals surface area contributed by atoms with Crippen molar-refractivity contribution in [2.45, 2.75) is 32.9 Å². The van der Waals surface area contributed by atoms with E-state index >= 15 is 0 Å². The van der Waals surface area contributed by atoms with Gasteiger partial charge in [-0.25, -0.2) is 0 Å². The van der Waals surface area contributed by atoms with Gasteiger partial charge in [0.05, 0.1) is 7.11 Å². The molecule has 0 fully saturated rings. The molecule has 0 amide bonds. The maximum absolute atomic E-state index is 5.20. The van der Waals surface area contributed by atoms with E-state index in [1.54, 1.807) is 19.8 Å². The van der Waals surface area contributed by atoms with Gasteiger partial charge in [0, 0.05) is 33.2 Å². The Kier molecular flexibility index (Phi) is 7.75. The fraction of sp³-hybridized carbons (Fsp3) is 0.500. The largest absolute Gasteiger partial charge is 0.497 e. The van der Waals surface area contributed by atoms with E-state index in [9.17, 15) is 0 Å². The van der Waals surface area contributed by atoms with E-state index < -0.39 is 0 Å². The molecule has 0 aliphatic rings. The van der Waals surface area contributed by atoms with Gasteiger partial charge in [-0.1, -0.05) is 12.1 Å². The second-order valence-electron chi connectivity index (χ2n) is 5.85. The molecule has 0 aliphatic heterocycles. The number of guanidine groups is 1. The van der Waals surface area contributed by atoms with Crippen LogP contribution in [0.5, 0.6) is 5.75 Å². The lowest BCUT2D eigenvalue weighted by atomic mass is 10.2. The Hall–Kier alpha value is -2.57. The van der Waals surface area contributed by atoms with Crippen molar-refractivity contribution in [3.8, 4) is 5.75 Å². The second-order valence-corrected chi connectivity index (χ2v) is 5.85. The molecule has 0 aliphatic carbocycles. The number of aryl methyl sites for hydroxylation is 1. The average molecular weight is 344 g/mol. The van der Waals surface area contributed by atoms with E-state index in [0.29, 0.717) is 0 Å². The van der Waals surface area contributed by atoms with Gasteiger partial charge in [0.1, 0.15) is 18.4 Å². The fourth-order valence-corrected chi connectivity index (χ4v) is 2.48. The molecule has 2 aromatic rings. The summed E-state index contributed by atoms with van der Waals surface area (Å²) in [4.78, 5) is 6.87. The molecular formula is C18H28N6O. The van der Waals surface area contributed by atoms with Crippen molar-refractivity contribution in [3.05, 3.63) is 42.5 Å². The van der Waals surface area contributed by atoms with Crippen molar-refractivity contribution in [1.29, 1.82) is 0 Å². The Balaban J connectivity index is 1.81. The minimum absolute atomic E-state index is 0.802. The lowest BCUT2D eigenvalue weighted by Crippen LogP contribution is -2.38. The molecule has 136 valence electrons. The van der Waals surface area contributed by atoms with E-state index in [0.717, 1.165) is 50.7 Å². The summed E-state index contributed by atoms with van der Waals surface area (Å²) >= 11 is 0. The topological polar surface area (TPSA) is 67.6 Å². The first-order valence-corrected chi connectivity index (χ1v) is 8.67. The lowest BCUT2D eigenvalue weighted by Gasteiger charge is -2.22. The summed E-state index contributed by atoms with van der Waals surface area (Å²) in [5, 5.41) is 11.0. The number of aromatic nitrogens is 3. The zero-order valence-electron chi connectivity index (χ0n) is 15.4. The monoisotopic (exact) mass is 344 g/mol. The molecule has 0 unspecified atom stereocenters. The zero-order chi connectivity index (χ0) is 17.9. The van der Waals surface area contributed by atoms with Crippen LogP contribution in [0, 0.1) is 0 Å². The molecule has 25 heavy (non-hydrogen) atoms. The van der Waals surface area contributed by atoms with Gasteiger partial charge in [-0.15, -0.1) is 10.2 Å². The van der Waals surface area contributed by atoms with Gasteiger partial charge in [-0.2, -0.15) is 0 Å². The molecule has 0 atom stereocenters. The van der Waals surface area contributed by atoms with E-state index in [1.165, 1.54) is 5.56 Å². The van der Waals surface area contributed by atoms with Crippen LogP contribution < -0.4 is 10.1 Å². The fourth-order valence-electron chi connectivity index (χ4n) is 2.48. The Morgan fingerprint density at radius 1 is 1.20 bits per heavy atom. The third kappa shape index (κ3) is 6.45. The molecular weight excluding hydrogens is 316 g/mol. The standard InChI is InChI=1S/C18H28N6O/c1-4-19-18(20-11-5-6-12-24-14-21-22-15-24)23(2)13-16-7-9-17(25-3)10-8-16/h7-10,14-15H,4-6,11-13H2,1-3H3,(H,19,20). The predicted octanol–water partition coefficient (Wildman–Crippen LogP) is 2.16. The van der Waals surface area contributed by atoms with Gasteiger partial charge in [0.2, 0.25) is 0 Å². The number of hydrogen-bond donors (Lipinski definition) is 1. The van der Waals surface area contributed by atoms with Gasteiger partial charge in [0.25, 0.3) is 0 Å². The van der Waals surface area contributed by atoms with Gasteiger partial charge in [-0.05, 0) is 37.5 Å². The first-order valence-electron chi connectivity index (χ1n) is 8.67. The first kappa shape index (κ1) is 18.8. The van der Waals surface area contributed by atoms with Crippen LogP contribution in [-0.2, 0) is 13.1 Å². The van der Waals surface area contributed by atoms with Crippen LogP contribution in [0.3, 0.4) is 0 Å². The van der Waals surface area contributed by atoms with Crippen molar-refractivity contribution in [2.24, 2.45) is 4.99 Å². The number of benzene rings is 1. The molecule has 7 heteroatoms. The minimum atomic E-state index is 0.802. The SMILES string of the molecule is CCNC(=NCCCCn1cnnc1)N(C)Cc1ccc(OC)cc1. The number of nitrogens with one attached hydrogen (secondary N) is 1. The second kappa shape index (κ2) is 10.3. The van der Waals surface area contributed by atoms with Crippen molar-refractivity contribution in [2.75, 3.05) is 27.2 Å². The average Bonchev–Trinajstić information content (AvgIpc) is 3.14. The van der Waals surface area contributed by atoms with Crippen molar-refractivity contribution < 1.29 is 4.74 Å². The van der Waals surface area contributed by atoms with Crippen LogP contribution in [0.2, 0.25) is 0 Å². The molecule has 0 saturated heterocycles.